The normalized spacial score (nSPS) is 20.1. The summed E-state index contributed by atoms with van der Waals surface area (Å²) in [4.78, 5) is 68.0. The summed E-state index contributed by atoms with van der Waals surface area (Å²) in [5, 5.41) is 14.1. The molecule has 2 aliphatic heterocycles. The minimum absolute atomic E-state index is 0. The fraction of sp³-hybridized carbons (Fsp3) is 0.375. The number of esters is 1. The van der Waals surface area contributed by atoms with Crippen LogP contribution in [0.4, 0.5) is 0 Å². The molecule has 3 rings (SSSR count). The van der Waals surface area contributed by atoms with E-state index < -0.39 is 54.1 Å². The zero-order valence-corrected chi connectivity index (χ0v) is 26.9. The van der Waals surface area contributed by atoms with Gasteiger partial charge in [0, 0.05) is 18.2 Å². The minimum atomic E-state index is -4.90. The molecule has 33 heavy (non-hydrogen) atoms. The summed E-state index contributed by atoms with van der Waals surface area (Å²) in [6, 6.07) is 0.350. The number of fused-ring (bicyclic) bond motifs is 1. The fourth-order valence-corrected chi connectivity index (χ4v) is 6.39. The van der Waals surface area contributed by atoms with Crippen LogP contribution in [0.1, 0.15) is 22.7 Å². The Hall–Kier alpha value is 0.820. The van der Waals surface area contributed by atoms with Crippen LogP contribution in [0.3, 0.4) is 0 Å². The molecule has 1 unspecified atom stereocenters. The van der Waals surface area contributed by atoms with Crippen molar-refractivity contribution in [1.29, 1.82) is 0 Å². The quantitative estimate of drug-likeness (QED) is 0.0844. The Morgan fingerprint density at radius 3 is 2.45 bits per heavy atom. The van der Waals surface area contributed by atoms with E-state index in [9.17, 15) is 38.6 Å². The molecule has 168 valence electrons. The Labute approximate surface area is 267 Å². The van der Waals surface area contributed by atoms with Crippen molar-refractivity contribution >= 4 is 54.4 Å². The number of thioether (sulfide) groups is 1. The molecule has 1 aromatic rings. The van der Waals surface area contributed by atoms with Crippen LogP contribution >= 0.6 is 30.7 Å². The smallest absolute Gasteiger partial charge is 1.00 e. The summed E-state index contributed by atoms with van der Waals surface area (Å²) in [5.74, 6) is -5.16. The van der Waals surface area contributed by atoms with Gasteiger partial charge in [0.15, 0.2) is 5.92 Å². The van der Waals surface area contributed by atoms with E-state index in [-0.39, 0.29) is 116 Å². The van der Waals surface area contributed by atoms with Gasteiger partial charge < -0.3 is 29.2 Å². The Balaban J connectivity index is -0.000000853. The van der Waals surface area contributed by atoms with Crippen molar-refractivity contribution in [1.82, 2.24) is 10.2 Å². The van der Waals surface area contributed by atoms with Gasteiger partial charge in [0.25, 0.3) is 5.91 Å². The predicted molar refractivity (Wildman–Crippen MR) is 109 cm³/mol. The van der Waals surface area contributed by atoms with Crippen LogP contribution in [0.5, 0.6) is 0 Å². The number of carboxylic acid groups (broad SMARTS) is 1. The van der Waals surface area contributed by atoms with E-state index in [4.69, 9.17) is 4.74 Å². The van der Waals surface area contributed by atoms with E-state index in [0.717, 1.165) is 23.6 Å². The summed E-state index contributed by atoms with van der Waals surface area (Å²) in [6.45, 7) is 0.763. The summed E-state index contributed by atoms with van der Waals surface area (Å²) < 4.78 is 16.8. The van der Waals surface area contributed by atoms with Gasteiger partial charge in [-0.1, -0.05) is 0 Å². The first-order valence-electron chi connectivity index (χ1n) is 8.43. The van der Waals surface area contributed by atoms with E-state index in [0.29, 0.717) is 0 Å². The van der Waals surface area contributed by atoms with E-state index >= 15 is 0 Å². The fourth-order valence-electron chi connectivity index (χ4n) is 3.14. The Kier molecular flexibility index (Phi) is 14.3. The first-order chi connectivity index (χ1) is 14.0. The summed E-state index contributed by atoms with van der Waals surface area (Å²) in [7, 11) is -4.90. The second kappa shape index (κ2) is 13.9. The van der Waals surface area contributed by atoms with Crippen LogP contribution in [0.15, 0.2) is 27.8 Å². The molecular formula is C16H20N2Na3O9PS2. The third kappa shape index (κ3) is 7.65. The summed E-state index contributed by atoms with van der Waals surface area (Å²) in [5.41, 5.74) is -0.181. The predicted octanol–water partition coefficient (Wildman–Crippen LogP) is -8.38. The number of carbonyl (C=O) groups excluding carboxylic acids is 3. The van der Waals surface area contributed by atoms with Gasteiger partial charge in [-0.3, -0.25) is 28.6 Å². The van der Waals surface area contributed by atoms with Gasteiger partial charge in [0.1, 0.15) is 23.5 Å². The maximum Gasteiger partial charge on any atom is 1.00 e. The number of aliphatic carboxylic acids is 1. The van der Waals surface area contributed by atoms with Gasteiger partial charge in [-0.2, -0.15) is 11.3 Å². The average molecular weight is 548 g/mol. The molecule has 0 saturated carbocycles. The molecule has 1 aromatic heterocycles. The molecule has 3 atom stereocenters. The molecule has 1 fully saturated rings. The molecule has 0 aromatic carbocycles. The van der Waals surface area contributed by atoms with E-state index in [2.05, 4.69) is 5.32 Å². The molecule has 4 N–H and O–H groups in total. The zero-order valence-electron chi connectivity index (χ0n) is 21.4. The largest absolute Gasteiger partial charge is 1.00 e. The molecule has 1 saturated heterocycles. The van der Waals surface area contributed by atoms with Crippen LogP contribution in [0, 0.1) is 0 Å². The molecule has 2 aliphatic rings. The first kappa shape index (κ1) is 33.8. The van der Waals surface area contributed by atoms with Gasteiger partial charge in [0.2, 0.25) is 5.91 Å². The zero-order chi connectivity index (χ0) is 22.2. The van der Waals surface area contributed by atoms with Gasteiger partial charge in [-0.25, -0.2) is 0 Å². The molecule has 0 aliphatic carbocycles. The minimum Gasteiger partial charge on any atom is -1.00 e. The van der Waals surface area contributed by atoms with Crippen LogP contribution in [-0.4, -0.2) is 67.3 Å². The molecule has 2 amide bonds. The second-order valence-corrected chi connectivity index (χ2v) is 9.87. The molecule has 0 radical (unpaired) electrons. The Morgan fingerprint density at radius 2 is 1.97 bits per heavy atom. The first-order valence-corrected chi connectivity index (χ1v) is 12.0. The number of hydrogen-bond acceptors (Lipinski definition) is 8. The van der Waals surface area contributed by atoms with Gasteiger partial charge in [-0.15, -0.1) is 11.8 Å². The van der Waals surface area contributed by atoms with Crippen LogP contribution in [0.2, 0.25) is 0 Å². The van der Waals surface area contributed by atoms with E-state index in [1.165, 1.54) is 22.8 Å². The maximum atomic E-state index is 12.6. The van der Waals surface area contributed by atoms with Crippen molar-refractivity contribution < 1.29 is 136 Å². The Morgan fingerprint density at radius 1 is 1.33 bits per heavy atom. The maximum absolute atomic E-state index is 12.6. The summed E-state index contributed by atoms with van der Waals surface area (Å²) >= 11 is 2.34. The number of ether oxygens (including phenoxy) is 1. The average Bonchev–Trinajstić information content (AvgIpc) is 3.16. The van der Waals surface area contributed by atoms with Crippen molar-refractivity contribution in [3.8, 4) is 0 Å². The van der Waals surface area contributed by atoms with Crippen molar-refractivity contribution in [3.63, 3.8) is 0 Å². The second-order valence-electron chi connectivity index (χ2n) is 6.48. The van der Waals surface area contributed by atoms with Gasteiger partial charge in [-0.05, 0) is 22.4 Å². The Bertz CT molecular complexity index is 1000. The van der Waals surface area contributed by atoms with E-state index in [1.807, 2.05) is 0 Å². The number of carbonyl (C=O) groups is 4. The van der Waals surface area contributed by atoms with Crippen LogP contribution in [0.25, 0.3) is 0 Å². The van der Waals surface area contributed by atoms with Crippen molar-refractivity contribution in [2.24, 2.45) is 0 Å². The molecule has 0 bridgehead atoms. The number of β-lactam (4-membered cyclic amide) rings is 1. The molecule has 11 nitrogen and oxygen atoms in total. The third-order valence-electron chi connectivity index (χ3n) is 4.42. The van der Waals surface area contributed by atoms with Crippen LogP contribution in [-0.2, 0) is 28.5 Å². The SMILES string of the molecule is CC(=O)OCC1=C(P(=O)(O)O)N2C(=O)[C@@H](NC(=O)C(C(=O)O)c3ccsc3)[C@H]2SC1.[H-].[H-].[H-].[Na+].[Na+].[Na+]. The number of hydrogen-bond donors (Lipinski definition) is 4. The number of rotatable bonds is 7. The van der Waals surface area contributed by atoms with Crippen molar-refractivity contribution in [3.05, 3.63) is 33.4 Å². The van der Waals surface area contributed by atoms with Gasteiger partial charge >= 0.3 is 108 Å². The molecule has 17 heteroatoms. The van der Waals surface area contributed by atoms with Crippen molar-refractivity contribution in [2.45, 2.75) is 24.3 Å². The molecule has 3 heterocycles. The number of nitrogens with one attached hydrogen (secondary N) is 1. The topological polar surface area (TPSA) is 171 Å². The molecular weight excluding hydrogens is 528 g/mol. The van der Waals surface area contributed by atoms with Crippen molar-refractivity contribution in [2.75, 3.05) is 12.4 Å². The number of nitrogens with zero attached hydrogens (tertiary/aromatic N) is 1. The number of carboxylic acids is 1. The van der Waals surface area contributed by atoms with Gasteiger partial charge in [0.05, 0.1) is 0 Å². The monoisotopic (exact) mass is 548 g/mol. The number of amides is 2. The molecule has 0 spiro atoms. The summed E-state index contributed by atoms with van der Waals surface area (Å²) in [6.07, 6.45) is 0. The third-order valence-corrected chi connectivity index (χ3v) is 7.55. The standard InChI is InChI=1S/C16H17N2O9PS2.3Na.3H/c1-7(19)27-4-9-6-30-15-11(13(21)18(15)14(9)28(24,25)26)17-12(20)10(16(22)23)8-2-3-29-5-8;;;;;;/h2-3,5,10-11,15H,4,6H2,1H3,(H,17,20)(H,22,23)(H2,24,25,26);;;;;;/q;3*+1;3*-1/t10?,11-,15-;;;;;;/m1....../s1. The van der Waals surface area contributed by atoms with E-state index in [1.54, 1.807) is 5.38 Å². The van der Waals surface area contributed by atoms with Crippen LogP contribution < -0.4 is 94.0 Å². The number of thiophene rings is 1.